The van der Waals surface area contributed by atoms with Crippen molar-refractivity contribution in [2.24, 2.45) is 5.73 Å². The summed E-state index contributed by atoms with van der Waals surface area (Å²) < 4.78 is 18.1. The zero-order valence-corrected chi connectivity index (χ0v) is 13.2. The molecule has 0 bridgehead atoms. The van der Waals surface area contributed by atoms with Gasteiger partial charge in [-0.2, -0.15) is 0 Å². The summed E-state index contributed by atoms with van der Waals surface area (Å²) in [5.41, 5.74) is 7.23. The van der Waals surface area contributed by atoms with Crippen LogP contribution in [0, 0.1) is 0 Å². The van der Waals surface area contributed by atoms with E-state index in [1.807, 2.05) is 13.0 Å². The van der Waals surface area contributed by atoms with Gasteiger partial charge in [-0.3, -0.25) is 9.59 Å². The number of fused-ring (bicyclic) bond motifs is 1. The SMILES string of the molecule is CCC(=CF)COc1ccc2c(c1)CCN(CCC(N)=O)C2=O. The van der Waals surface area contributed by atoms with E-state index in [9.17, 15) is 14.0 Å². The van der Waals surface area contributed by atoms with Crippen molar-refractivity contribution in [2.75, 3.05) is 19.7 Å². The fourth-order valence-corrected chi connectivity index (χ4v) is 2.45. The van der Waals surface area contributed by atoms with Crippen molar-refractivity contribution in [3.05, 3.63) is 41.2 Å². The van der Waals surface area contributed by atoms with Crippen LogP contribution in [0.1, 0.15) is 35.7 Å². The molecule has 1 aromatic rings. The quantitative estimate of drug-likeness (QED) is 0.837. The van der Waals surface area contributed by atoms with Crippen LogP contribution in [-0.2, 0) is 11.2 Å². The van der Waals surface area contributed by atoms with E-state index in [4.69, 9.17) is 10.5 Å². The van der Waals surface area contributed by atoms with E-state index in [-0.39, 0.29) is 18.9 Å². The number of rotatable bonds is 7. The zero-order valence-electron chi connectivity index (χ0n) is 13.2. The molecule has 0 spiro atoms. The first-order chi connectivity index (χ1) is 11.0. The highest BCUT2D eigenvalue weighted by atomic mass is 19.1. The number of carbonyl (C=O) groups is 2. The molecule has 0 aliphatic carbocycles. The van der Waals surface area contributed by atoms with Gasteiger partial charge in [-0.05, 0) is 42.2 Å². The van der Waals surface area contributed by atoms with Crippen LogP contribution in [0.4, 0.5) is 4.39 Å². The lowest BCUT2D eigenvalue weighted by Crippen LogP contribution is -2.39. The molecule has 0 atom stereocenters. The number of carbonyl (C=O) groups excluding carboxylic acids is 2. The Balaban J connectivity index is 2.05. The maximum atomic E-state index is 12.5. The van der Waals surface area contributed by atoms with Gasteiger partial charge < -0.3 is 15.4 Å². The fourth-order valence-electron chi connectivity index (χ4n) is 2.45. The molecule has 0 radical (unpaired) electrons. The van der Waals surface area contributed by atoms with E-state index in [2.05, 4.69) is 0 Å². The Morgan fingerprint density at radius 1 is 1.48 bits per heavy atom. The minimum Gasteiger partial charge on any atom is -0.489 e. The summed E-state index contributed by atoms with van der Waals surface area (Å²) in [4.78, 5) is 24.9. The van der Waals surface area contributed by atoms with Crippen molar-refractivity contribution < 1.29 is 18.7 Å². The third kappa shape index (κ3) is 4.31. The molecule has 0 fully saturated rings. The first-order valence-electron chi connectivity index (χ1n) is 7.66. The standard InChI is InChI=1S/C17H21FN2O3/c1-2-12(10-18)11-23-14-3-4-15-13(9-14)5-7-20(17(15)22)8-6-16(19)21/h3-4,9-10H,2,5-8,11H2,1H3,(H2,19,21). The highest BCUT2D eigenvalue weighted by Gasteiger charge is 2.24. The lowest BCUT2D eigenvalue weighted by molar-refractivity contribution is -0.118. The van der Waals surface area contributed by atoms with Gasteiger partial charge in [0.25, 0.3) is 5.91 Å². The summed E-state index contributed by atoms with van der Waals surface area (Å²) in [6, 6.07) is 5.25. The van der Waals surface area contributed by atoms with Crippen LogP contribution >= 0.6 is 0 Å². The smallest absolute Gasteiger partial charge is 0.254 e. The first-order valence-corrected chi connectivity index (χ1v) is 7.66. The Morgan fingerprint density at radius 3 is 2.91 bits per heavy atom. The Morgan fingerprint density at radius 2 is 2.26 bits per heavy atom. The van der Waals surface area contributed by atoms with Gasteiger partial charge in [0.05, 0.1) is 6.33 Å². The fraction of sp³-hybridized carbons (Fsp3) is 0.412. The number of hydrogen-bond donors (Lipinski definition) is 1. The number of hydrogen-bond acceptors (Lipinski definition) is 3. The number of ether oxygens (including phenoxy) is 1. The summed E-state index contributed by atoms with van der Waals surface area (Å²) >= 11 is 0. The van der Waals surface area contributed by atoms with Gasteiger partial charge in [0.15, 0.2) is 0 Å². The molecular weight excluding hydrogens is 299 g/mol. The van der Waals surface area contributed by atoms with Crippen molar-refractivity contribution in [1.82, 2.24) is 4.90 Å². The second-order valence-corrected chi connectivity index (χ2v) is 5.49. The van der Waals surface area contributed by atoms with E-state index in [1.54, 1.807) is 17.0 Å². The van der Waals surface area contributed by atoms with Crippen LogP contribution < -0.4 is 10.5 Å². The first kappa shape index (κ1) is 17.0. The Kier molecular flexibility index (Phi) is 5.73. The number of nitrogens with two attached hydrogens (primary N) is 1. The summed E-state index contributed by atoms with van der Waals surface area (Å²) in [5.74, 6) is 0.104. The molecule has 1 aliphatic rings. The van der Waals surface area contributed by atoms with Gasteiger partial charge >= 0.3 is 0 Å². The maximum absolute atomic E-state index is 12.5. The third-order valence-electron chi connectivity index (χ3n) is 3.91. The van der Waals surface area contributed by atoms with Gasteiger partial charge in [-0.15, -0.1) is 0 Å². The minimum atomic E-state index is -0.417. The molecule has 6 heteroatoms. The van der Waals surface area contributed by atoms with Gasteiger partial charge in [0.1, 0.15) is 12.4 Å². The largest absolute Gasteiger partial charge is 0.489 e. The monoisotopic (exact) mass is 320 g/mol. The molecule has 0 unspecified atom stereocenters. The zero-order chi connectivity index (χ0) is 16.8. The summed E-state index contributed by atoms with van der Waals surface area (Å²) in [7, 11) is 0. The van der Waals surface area contributed by atoms with Crippen LogP contribution in [0.5, 0.6) is 5.75 Å². The van der Waals surface area contributed by atoms with Gasteiger partial charge in [0.2, 0.25) is 5.91 Å². The molecule has 1 aromatic carbocycles. The predicted molar refractivity (Wildman–Crippen MR) is 84.8 cm³/mol. The molecule has 1 heterocycles. The van der Waals surface area contributed by atoms with E-state index in [0.717, 1.165) is 5.56 Å². The highest BCUT2D eigenvalue weighted by molar-refractivity contribution is 5.97. The van der Waals surface area contributed by atoms with E-state index in [1.165, 1.54) is 0 Å². The van der Waals surface area contributed by atoms with E-state index < -0.39 is 5.91 Å². The molecule has 124 valence electrons. The molecule has 0 saturated heterocycles. The topological polar surface area (TPSA) is 72.6 Å². The molecule has 1 aliphatic heterocycles. The molecular formula is C17H21FN2O3. The van der Waals surface area contributed by atoms with Crippen LogP contribution in [0.2, 0.25) is 0 Å². The van der Waals surface area contributed by atoms with Crippen LogP contribution in [-0.4, -0.2) is 36.4 Å². The van der Waals surface area contributed by atoms with Crippen molar-refractivity contribution in [1.29, 1.82) is 0 Å². The van der Waals surface area contributed by atoms with Crippen LogP contribution in [0.25, 0.3) is 0 Å². The number of primary amides is 1. The minimum absolute atomic E-state index is 0.100. The van der Waals surface area contributed by atoms with Crippen molar-refractivity contribution in [2.45, 2.75) is 26.2 Å². The van der Waals surface area contributed by atoms with Gasteiger partial charge in [-0.25, -0.2) is 4.39 Å². The molecule has 2 amide bonds. The van der Waals surface area contributed by atoms with Gasteiger partial charge in [0, 0.05) is 25.1 Å². The number of benzene rings is 1. The maximum Gasteiger partial charge on any atom is 0.254 e. The molecule has 23 heavy (non-hydrogen) atoms. The second-order valence-electron chi connectivity index (χ2n) is 5.49. The normalized spacial score (nSPS) is 14.6. The average Bonchev–Trinajstić information content (AvgIpc) is 2.55. The second kappa shape index (κ2) is 7.76. The molecule has 0 aromatic heterocycles. The Hall–Kier alpha value is -2.37. The highest BCUT2D eigenvalue weighted by Crippen LogP contribution is 2.24. The number of nitrogens with zero attached hydrogens (tertiary/aromatic N) is 1. The van der Waals surface area contributed by atoms with Crippen molar-refractivity contribution in [3.63, 3.8) is 0 Å². The van der Waals surface area contributed by atoms with E-state index >= 15 is 0 Å². The molecule has 0 saturated carbocycles. The Labute approximate surface area is 134 Å². The van der Waals surface area contributed by atoms with Gasteiger partial charge in [-0.1, -0.05) is 6.92 Å². The molecule has 5 nitrogen and oxygen atoms in total. The van der Waals surface area contributed by atoms with Crippen LogP contribution in [0.15, 0.2) is 30.1 Å². The Bertz CT molecular complexity index is 628. The summed E-state index contributed by atoms with van der Waals surface area (Å²) in [5, 5.41) is 0. The summed E-state index contributed by atoms with van der Waals surface area (Å²) in [6.45, 7) is 2.95. The van der Waals surface area contributed by atoms with E-state index in [0.29, 0.717) is 49.1 Å². The molecule has 2 rings (SSSR count). The lowest BCUT2D eigenvalue weighted by Gasteiger charge is -2.28. The summed E-state index contributed by atoms with van der Waals surface area (Å²) in [6.07, 6.45) is 2.02. The average molecular weight is 320 g/mol. The van der Waals surface area contributed by atoms with Crippen molar-refractivity contribution in [3.8, 4) is 5.75 Å². The number of amides is 2. The van der Waals surface area contributed by atoms with Crippen molar-refractivity contribution >= 4 is 11.8 Å². The third-order valence-corrected chi connectivity index (χ3v) is 3.91. The predicted octanol–water partition coefficient (Wildman–Crippen LogP) is 2.20. The number of halogens is 1. The lowest BCUT2D eigenvalue weighted by atomic mass is 9.98. The molecule has 2 N–H and O–H groups in total. The van der Waals surface area contributed by atoms with Crippen LogP contribution in [0.3, 0.4) is 0 Å².